The maximum atomic E-state index is 14.1. The molecule has 3 N–H and O–H groups in total. The Morgan fingerprint density at radius 3 is 2.38 bits per heavy atom. The molecule has 0 radical (unpaired) electrons. The fraction of sp³-hybridized carbons (Fsp3) is 0.600. The van der Waals surface area contributed by atoms with Gasteiger partial charge in [0.15, 0.2) is 0 Å². The zero-order valence-electron chi connectivity index (χ0n) is 12.5. The molecule has 1 aromatic rings. The van der Waals surface area contributed by atoms with E-state index < -0.39 is 23.2 Å². The Kier molecular flexibility index (Phi) is 5.27. The van der Waals surface area contributed by atoms with Gasteiger partial charge in [-0.1, -0.05) is 13.0 Å². The average Bonchev–Trinajstić information content (AvgIpc) is 2.51. The zero-order chi connectivity index (χ0) is 15.5. The summed E-state index contributed by atoms with van der Waals surface area (Å²) >= 11 is 0. The molecule has 0 amide bonds. The van der Waals surface area contributed by atoms with E-state index in [1.54, 1.807) is 0 Å². The number of hydrogen-bond acceptors (Lipinski definition) is 4. The molecule has 118 valence electrons. The second-order valence-electron chi connectivity index (χ2n) is 5.55. The summed E-state index contributed by atoms with van der Waals surface area (Å²) in [4.78, 5) is 2.19. The van der Waals surface area contributed by atoms with Gasteiger partial charge in [-0.05, 0) is 25.5 Å². The Morgan fingerprint density at radius 1 is 1.33 bits per heavy atom. The van der Waals surface area contributed by atoms with Crippen molar-refractivity contribution in [3.63, 3.8) is 0 Å². The fourth-order valence-electron chi connectivity index (χ4n) is 3.04. The molecule has 1 aliphatic rings. The van der Waals surface area contributed by atoms with Gasteiger partial charge >= 0.3 is 0 Å². The van der Waals surface area contributed by atoms with Crippen LogP contribution in [0.1, 0.15) is 31.9 Å². The monoisotopic (exact) mass is 299 g/mol. The third-order valence-corrected chi connectivity index (χ3v) is 4.53. The number of halogens is 2. The van der Waals surface area contributed by atoms with Crippen LogP contribution in [0.2, 0.25) is 0 Å². The van der Waals surface area contributed by atoms with Crippen molar-refractivity contribution in [2.24, 2.45) is 5.84 Å². The van der Waals surface area contributed by atoms with Crippen molar-refractivity contribution < 1.29 is 13.5 Å². The van der Waals surface area contributed by atoms with Crippen LogP contribution in [0.15, 0.2) is 18.2 Å². The lowest BCUT2D eigenvalue weighted by Crippen LogP contribution is -2.59. The van der Waals surface area contributed by atoms with Crippen LogP contribution in [0.4, 0.5) is 8.78 Å². The van der Waals surface area contributed by atoms with E-state index in [-0.39, 0.29) is 5.56 Å². The number of nitrogens with one attached hydrogen (secondary N) is 1. The minimum absolute atomic E-state index is 0.00385. The maximum absolute atomic E-state index is 14.1. The lowest BCUT2D eigenvalue weighted by atomic mass is 9.82. The molecule has 0 aliphatic carbocycles. The molecule has 0 spiro atoms. The van der Waals surface area contributed by atoms with Crippen molar-refractivity contribution in [3.05, 3.63) is 35.4 Å². The molecule has 1 fully saturated rings. The summed E-state index contributed by atoms with van der Waals surface area (Å²) in [6.07, 6.45) is 0.704. The SMILES string of the molecule is CCC(C)(C(NN)c1c(F)cccc1F)N1CCOCC1. The molecule has 2 unspecified atom stereocenters. The lowest BCUT2D eigenvalue weighted by molar-refractivity contribution is -0.0338. The summed E-state index contributed by atoms with van der Waals surface area (Å²) in [7, 11) is 0. The van der Waals surface area contributed by atoms with E-state index in [0.717, 1.165) is 13.1 Å². The zero-order valence-corrected chi connectivity index (χ0v) is 12.5. The van der Waals surface area contributed by atoms with Crippen LogP contribution < -0.4 is 11.3 Å². The summed E-state index contributed by atoms with van der Waals surface area (Å²) in [6, 6.07) is 3.25. The molecule has 0 saturated carbocycles. The molecule has 2 rings (SSSR count). The van der Waals surface area contributed by atoms with Crippen molar-refractivity contribution in [2.45, 2.75) is 31.8 Å². The van der Waals surface area contributed by atoms with Crippen LogP contribution in [-0.2, 0) is 4.74 Å². The van der Waals surface area contributed by atoms with E-state index in [9.17, 15) is 8.78 Å². The van der Waals surface area contributed by atoms with E-state index >= 15 is 0 Å². The largest absolute Gasteiger partial charge is 0.379 e. The van der Waals surface area contributed by atoms with Gasteiger partial charge in [-0.15, -0.1) is 0 Å². The number of nitrogens with two attached hydrogens (primary N) is 1. The molecule has 6 heteroatoms. The van der Waals surface area contributed by atoms with Crippen LogP contribution in [0.5, 0.6) is 0 Å². The molecular weight excluding hydrogens is 276 g/mol. The number of nitrogens with zero attached hydrogens (tertiary/aromatic N) is 1. The molecule has 1 heterocycles. The van der Waals surface area contributed by atoms with E-state index in [0.29, 0.717) is 19.6 Å². The predicted octanol–water partition coefficient (Wildman–Crippen LogP) is 1.97. The van der Waals surface area contributed by atoms with Crippen molar-refractivity contribution in [2.75, 3.05) is 26.3 Å². The first-order valence-electron chi connectivity index (χ1n) is 7.27. The van der Waals surface area contributed by atoms with Gasteiger partial charge in [0.2, 0.25) is 0 Å². The summed E-state index contributed by atoms with van der Waals surface area (Å²) in [6.45, 7) is 6.66. The molecule has 4 nitrogen and oxygen atoms in total. The van der Waals surface area contributed by atoms with E-state index in [1.165, 1.54) is 18.2 Å². The molecule has 1 aromatic carbocycles. The smallest absolute Gasteiger partial charge is 0.131 e. The Morgan fingerprint density at radius 2 is 1.90 bits per heavy atom. The van der Waals surface area contributed by atoms with Gasteiger partial charge in [-0.3, -0.25) is 16.2 Å². The van der Waals surface area contributed by atoms with E-state index in [2.05, 4.69) is 10.3 Å². The third kappa shape index (κ3) is 3.08. The van der Waals surface area contributed by atoms with Gasteiger partial charge in [-0.25, -0.2) is 8.78 Å². The highest BCUT2D eigenvalue weighted by Crippen LogP contribution is 2.36. The Balaban J connectivity index is 2.41. The van der Waals surface area contributed by atoms with Crippen molar-refractivity contribution in [3.8, 4) is 0 Å². The maximum Gasteiger partial charge on any atom is 0.131 e. The number of morpholine rings is 1. The minimum Gasteiger partial charge on any atom is -0.379 e. The van der Waals surface area contributed by atoms with Crippen LogP contribution in [0.3, 0.4) is 0 Å². The average molecular weight is 299 g/mol. The highest BCUT2D eigenvalue weighted by molar-refractivity contribution is 5.27. The molecule has 2 atom stereocenters. The Bertz CT molecular complexity index is 460. The second-order valence-corrected chi connectivity index (χ2v) is 5.55. The van der Waals surface area contributed by atoms with Crippen LogP contribution in [0.25, 0.3) is 0 Å². The molecule has 21 heavy (non-hydrogen) atoms. The van der Waals surface area contributed by atoms with Crippen LogP contribution in [0, 0.1) is 11.6 Å². The minimum atomic E-state index is -0.637. The number of hydrogen-bond donors (Lipinski definition) is 2. The molecule has 1 aliphatic heterocycles. The van der Waals surface area contributed by atoms with Gasteiger partial charge in [0.05, 0.1) is 19.3 Å². The van der Waals surface area contributed by atoms with Crippen molar-refractivity contribution in [1.82, 2.24) is 10.3 Å². The van der Waals surface area contributed by atoms with Gasteiger partial charge in [0.25, 0.3) is 0 Å². The summed E-state index contributed by atoms with van der Waals surface area (Å²) in [5, 5.41) is 0. The van der Waals surface area contributed by atoms with Gasteiger partial charge in [0.1, 0.15) is 11.6 Å². The van der Waals surface area contributed by atoms with Crippen molar-refractivity contribution >= 4 is 0 Å². The Hall–Kier alpha value is -1.08. The topological polar surface area (TPSA) is 50.5 Å². The lowest BCUT2D eigenvalue weighted by Gasteiger charge is -2.47. The quantitative estimate of drug-likeness (QED) is 0.645. The standard InChI is InChI=1S/C15H23F2N3O/c1-3-15(2,20-7-9-21-10-8-20)14(19-18)13-11(16)5-4-6-12(13)17/h4-6,14,19H,3,7-10,18H2,1-2H3. The van der Waals surface area contributed by atoms with Gasteiger partial charge in [-0.2, -0.15) is 0 Å². The highest BCUT2D eigenvalue weighted by Gasteiger charge is 2.41. The normalized spacial score (nSPS) is 21.0. The molecule has 1 saturated heterocycles. The number of rotatable bonds is 5. The van der Waals surface area contributed by atoms with Crippen LogP contribution in [-0.4, -0.2) is 36.7 Å². The number of ether oxygens (including phenoxy) is 1. The first-order valence-corrected chi connectivity index (χ1v) is 7.27. The van der Waals surface area contributed by atoms with E-state index in [4.69, 9.17) is 10.6 Å². The molecular formula is C15H23F2N3O. The Labute approximate surface area is 124 Å². The molecule has 0 bridgehead atoms. The summed E-state index contributed by atoms with van der Waals surface area (Å²) in [5.41, 5.74) is 2.12. The number of benzene rings is 1. The van der Waals surface area contributed by atoms with Gasteiger partial charge < -0.3 is 4.74 Å². The first-order chi connectivity index (χ1) is 10.0. The first kappa shape index (κ1) is 16.3. The van der Waals surface area contributed by atoms with Crippen molar-refractivity contribution in [1.29, 1.82) is 0 Å². The van der Waals surface area contributed by atoms with Crippen LogP contribution >= 0.6 is 0 Å². The summed E-state index contributed by atoms with van der Waals surface area (Å²) in [5.74, 6) is 4.51. The third-order valence-electron chi connectivity index (χ3n) is 4.53. The number of hydrazine groups is 1. The van der Waals surface area contributed by atoms with E-state index in [1.807, 2.05) is 13.8 Å². The van der Waals surface area contributed by atoms with Gasteiger partial charge in [0, 0.05) is 24.2 Å². The predicted molar refractivity (Wildman–Crippen MR) is 77.5 cm³/mol. The molecule has 0 aromatic heterocycles. The fourth-order valence-corrected chi connectivity index (χ4v) is 3.04. The summed E-state index contributed by atoms with van der Waals surface area (Å²) < 4.78 is 33.6. The highest BCUT2D eigenvalue weighted by atomic mass is 19.1. The second kappa shape index (κ2) is 6.79.